The van der Waals surface area contributed by atoms with Crippen molar-refractivity contribution < 1.29 is 4.42 Å². The molecule has 0 amide bonds. The molecule has 0 atom stereocenters. The maximum atomic E-state index is 6.82. The van der Waals surface area contributed by atoms with Crippen molar-refractivity contribution in [3.05, 3.63) is 188 Å². The van der Waals surface area contributed by atoms with E-state index >= 15 is 0 Å². The number of furan rings is 1. The molecule has 0 saturated carbocycles. The van der Waals surface area contributed by atoms with Crippen molar-refractivity contribution >= 4 is 70.5 Å². The summed E-state index contributed by atoms with van der Waals surface area (Å²) in [5.41, 5.74) is 12.0. The molecule has 0 bridgehead atoms. The molecule has 10 rings (SSSR count). The lowest BCUT2D eigenvalue weighted by atomic mass is 9.97. The quantitative estimate of drug-likeness (QED) is 0.175. The van der Waals surface area contributed by atoms with Crippen LogP contribution in [0.15, 0.2) is 192 Å². The maximum Gasteiger partial charge on any atom is 0.160 e. The number of para-hydroxylation sites is 1. The summed E-state index contributed by atoms with van der Waals surface area (Å²) in [6, 6.07) is 67.3. The third kappa shape index (κ3) is 5.10. The number of hydrogen-bond donors (Lipinski definition) is 0. The van der Waals surface area contributed by atoms with Gasteiger partial charge in [-0.25, -0.2) is 0 Å². The number of anilines is 3. The minimum atomic E-state index is 0.868. The molecule has 2 aromatic heterocycles. The van der Waals surface area contributed by atoms with E-state index in [9.17, 15) is 0 Å². The van der Waals surface area contributed by atoms with Crippen LogP contribution in [0.3, 0.4) is 0 Å². The number of hydrogen-bond acceptors (Lipinski definition) is 3. The normalized spacial score (nSPS) is 11.5. The van der Waals surface area contributed by atoms with E-state index in [4.69, 9.17) is 4.42 Å². The lowest BCUT2D eigenvalue weighted by Gasteiger charge is -2.26. The standard InChI is InChI=1S/C48H31NOS/c1-3-12-32(13-4-1)35-16-11-17-36(30-35)33-22-24-37(25-23-33)49(38-26-29-46-42(31-38)40-18-8-10-21-45(40)51-46)43-28-27-39(34-14-5-2-6-15-34)47-41-19-7-9-20-44(41)50-48(43)47/h1-31H. The average molecular weight is 670 g/mol. The first-order valence-corrected chi connectivity index (χ1v) is 18.1. The van der Waals surface area contributed by atoms with Gasteiger partial charge >= 0.3 is 0 Å². The first-order valence-electron chi connectivity index (χ1n) is 17.3. The molecule has 0 saturated heterocycles. The van der Waals surface area contributed by atoms with Crippen molar-refractivity contribution in [2.24, 2.45) is 0 Å². The molecule has 2 heterocycles. The second-order valence-electron chi connectivity index (χ2n) is 12.9. The summed E-state index contributed by atoms with van der Waals surface area (Å²) in [5.74, 6) is 0. The Morgan fingerprint density at radius 1 is 0.392 bits per heavy atom. The van der Waals surface area contributed by atoms with Gasteiger partial charge in [0.2, 0.25) is 0 Å². The third-order valence-corrected chi connectivity index (χ3v) is 11.0. The van der Waals surface area contributed by atoms with Gasteiger partial charge in [-0.05, 0) is 88.0 Å². The highest BCUT2D eigenvalue weighted by molar-refractivity contribution is 7.25. The van der Waals surface area contributed by atoms with Gasteiger partial charge in [0.05, 0.1) is 5.69 Å². The van der Waals surface area contributed by atoms with Gasteiger partial charge in [-0.15, -0.1) is 11.3 Å². The maximum absolute atomic E-state index is 6.82. The third-order valence-electron chi connectivity index (χ3n) is 9.88. The monoisotopic (exact) mass is 669 g/mol. The van der Waals surface area contributed by atoms with Crippen LogP contribution < -0.4 is 4.90 Å². The van der Waals surface area contributed by atoms with E-state index in [1.54, 1.807) is 0 Å². The van der Waals surface area contributed by atoms with E-state index in [0.29, 0.717) is 0 Å². The van der Waals surface area contributed by atoms with Gasteiger partial charge in [0, 0.05) is 42.3 Å². The summed E-state index contributed by atoms with van der Waals surface area (Å²) in [7, 11) is 0. The zero-order chi connectivity index (χ0) is 33.7. The lowest BCUT2D eigenvalue weighted by molar-refractivity contribution is 0.669. The predicted octanol–water partition coefficient (Wildman–Crippen LogP) is 14.4. The van der Waals surface area contributed by atoms with E-state index in [0.717, 1.165) is 44.6 Å². The van der Waals surface area contributed by atoms with Crippen LogP contribution in [-0.2, 0) is 0 Å². The molecule has 0 spiro atoms. The number of thiophene rings is 1. The Labute approximate surface area is 300 Å². The van der Waals surface area contributed by atoms with E-state index in [-0.39, 0.29) is 0 Å². The Balaban J connectivity index is 1.18. The lowest BCUT2D eigenvalue weighted by Crippen LogP contribution is -2.10. The molecule has 2 nitrogen and oxygen atoms in total. The summed E-state index contributed by atoms with van der Waals surface area (Å²) in [5, 5.41) is 4.77. The van der Waals surface area contributed by atoms with Gasteiger partial charge in [0.1, 0.15) is 5.58 Å². The van der Waals surface area contributed by atoms with Crippen LogP contribution in [-0.4, -0.2) is 0 Å². The SMILES string of the molecule is c1ccc(-c2cccc(-c3ccc(N(c4ccc5sc6ccccc6c5c4)c4ccc(-c5ccccc5)c5c4oc4ccccc45)cc3)c2)cc1. The van der Waals surface area contributed by atoms with Crippen LogP contribution in [0, 0.1) is 0 Å². The Kier molecular flexibility index (Phi) is 7.04. The highest BCUT2D eigenvalue weighted by atomic mass is 32.1. The molecule has 0 aliphatic heterocycles. The topological polar surface area (TPSA) is 16.4 Å². The van der Waals surface area contributed by atoms with E-state index < -0.39 is 0 Å². The summed E-state index contributed by atoms with van der Waals surface area (Å²) in [6.07, 6.45) is 0. The smallest absolute Gasteiger partial charge is 0.160 e. The minimum Gasteiger partial charge on any atom is -0.454 e. The van der Waals surface area contributed by atoms with Crippen LogP contribution in [0.25, 0.3) is 75.5 Å². The van der Waals surface area contributed by atoms with Gasteiger partial charge in [0.25, 0.3) is 0 Å². The predicted molar refractivity (Wildman–Crippen MR) is 218 cm³/mol. The Hall–Kier alpha value is -6.42. The summed E-state index contributed by atoms with van der Waals surface area (Å²) >= 11 is 1.84. The van der Waals surface area contributed by atoms with Crippen LogP contribution in [0.4, 0.5) is 17.1 Å². The molecule has 0 fully saturated rings. The van der Waals surface area contributed by atoms with Gasteiger partial charge in [0.15, 0.2) is 5.58 Å². The molecule has 10 aromatic rings. The van der Waals surface area contributed by atoms with Crippen LogP contribution in [0.1, 0.15) is 0 Å². The molecule has 0 aliphatic rings. The molecule has 51 heavy (non-hydrogen) atoms. The average Bonchev–Trinajstić information content (AvgIpc) is 3.78. The molecule has 0 aliphatic carbocycles. The minimum absolute atomic E-state index is 0.868. The molecular formula is C48H31NOS. The Bertz CT molecular complexity index is 2850. The summed E-state index contributed by atoms with van der Waals surface area (Å²) < 4.78 is 9.40. The van der Waals surface area contributed by atoms with Crippen molar-refractivity contribution in [1.82, 2.24) is 0 Å². The molecule has 240 valence electrons. The van der Waals surface area contributed by atoms with Crippen molar-refractivity contribution in [2.75, 3.05) is 4.90 Å². The Morgan fingerprint density at radius 2 is 1.00 bits per heavy atom. The molecule has 0 radical (unpaired) electrons. The molecule has 0 unspecified atom stereocenters. The van der Waals surface area contributed by atoms with E-state index in [1.165, 1.54) is 48.0 Å². The van der Waals surface area contributed by atoms with E-state index in [1.807, 2.05) is 17.4 Å². The van der Waals surface area contributed by atoms with E-state index in [2.05, 4.69) is 187 Å². The number of fused-ring (bicyclic) bond motifs is 6. The fourth-order valence-corrected chi connectivity index (χ4v) is 8.53. The Morgan fingerprint density at radius 3 is 1.78 bits per heavy atom. The van der Waals surface area contributed by atoms with Crippen molar-refractivity contribution in [1.29, 1.82) is 0 Å². The number of rotatable bonds is 6. The summed E-state index contributed by atoms with van der Waals surface area (Å²) in [6.45, 7) is 0. The van der Waals surface area contributed by atoms with Crippen molar-refractivity contribution in [2.45, 2.75) is 0 Å². The fourth-order valence-electron chi connectivity index (χ4n) is 7.44. The second-order valence-corrected chi connectivity index (χ2v) is 14.0. The summed E-state index contributed by atoms with van der Waals surface area (Å²) in [4.78, 5) is 2.36. The zero-order valence-corrected chi connectivity index (χ0v) is 28.5. The number of nitrogens with zero attached hydrogens (tertiary/aromatic N) is 1. The van der Waals surface area contributed by atoms with Gasteiger partial charge in [-0.1, -0.05) is 133 Å². The van der Waals surface area contributed by atoms with Crippen LogP contribution >= 0.6 is 11.3 Å². The molecule has 3 heteroatoms. The van der Waals surface area contributed by atoms with Gasteiger partial charge in [-0.3, -0.25) is 0 Å². The van der Waals surface area contributed by atoms with Crippen molar-refractivity contribution in [3.8, 4) is 33.4 Å². The van der Waals surface area contributed by atoms with Gasteiger partial charge < -0.3 is 9.32 Å². The van der Waals surface area contributed by atoms with Crippen molar-refractivity contribution in [3.63, 3.8) is 0 Å². The van der Waals surface area contributed by atoms with Gasteiger partial charge in [-0.2, -0.15) is 0 Å². The molecule has 0 N–H and O–H groups in total. The highest BCUT2D eigenvalue weighted by Gasteiger charge is 2.23. The molecular weight excluding hydrogens is 639 g/mol. The zero-order valence-electron chi connectivity index (χ0n) is 27.7. The highest BCUT2D eigenvalue weighted by Crippen LogP contribution is 2.47. The first-order chi connectivity index (χ1) is 25.3. The fraction of sp³-hybridized carbons (Fsp3) is 0. The number of benzene rings is 8. The van der Waals surface area contributed by atoms with Crippen LogP contribution in [0.5, 0.6) is 0 Å². The second kappa shape index (κ2) is 12.2. The first kappa shape index (κ1) is 29.5. The largest absolute Gasteiger partial charge is 0.454 e. The molecule has 8 aromatic carbocycles. The van der Waals surface area contributed by atoms with Crippen LogP contribution in [0.2, 0.25) is 0 Å².